The van der Waals surface area contributed by atoms with Gasteiger partial charge in [0.15, 0.2) is 0 Å². The van der Waals surface area contributed by atoms with E-state index in [-0.39, 0.29) is 0 Å². The van der Waals surface area contributed by atoms with Crippen LogP contribution in [-0.2, 0) is 4.43 Å². The second kappa shape index (κ2) is 4.65. The van der Waals surface area contributed by atoms with Gasteiger partial charge >= 0.3 is 0 Å². The van der Waals surface area contributed by atoms with E-state index in [4.69, 9.17) is 4.43 Å². The smallest absolute Gasteiger partial charge is 0.214 e. The second-order valence-corrected chi connectivity index (χ2v) is 9.86. The van der Waals surface area contributed by atoms with E-state index in [0.29, 0.717) is 12.0 Å². The molecule has 2 atom stereocenters. The summed E-state index contributed by atoms with van der Waals surface area (Å²) in [6.45, 7) is 9.30. The predicted molar refractivity (Wildman–Crippen MR) is 71.9 cm³/mol. The third kappa shape index (κ3) is 2.14. The van der Waals surface area contributed by atoms with Gasteiger partial charge in [0.05, 0.1) is 6.10 Å². The molecule has 1 heterocycles. The molecule has 16 heavy (non-hydrogen) atoms. The molecule has 2 aliphatic rings. The lowest BCUT2D eigenvalue weighted by Gasteiger charge is -2.30. The molecule has 1 aliphatic heterocycles. The molecule has 0 unspecified atom stereocenters. The SMILES string of the molecule is C/C=C1\[C@@H](C)[C@H](C2CCCCC2)O[Si]1(C)C. The minimum absolute atomic E-state index is 0.535. The molecule has 2 rings (SSSR count). The van der Waals surface area contributed by atoms with Gasteiger partial charge < -0.3 is 4.43 Å². The van der Waals surface area contributed by atoms with E-state index in [2.05, 4.69) is 33.0 Å². The molecule has 0 aromatic heterocycles. The molecule has 92 valence electrons. The van der Waals surface area contributed by atoms with Crippen LogP contribution in [0.3, 0.4) is 0 Å². The number of hydrogen-bond acceptors (Lipinski definition) is 1. The van der Waals surface area contributed by atoms with Gasteiger partial charge in [0.25, 0.3) is 0 Å². The van der Waals surface area contributed by atoms with E-state index in [1.165, 1.54) is 32.1 Å². The van der Waals surface area contributed by atoms with Crippen molar-refractivity contribution < 1.29 is 4.43 Å². The van der Waals surface area contributed by atoms with Crippen LogP contribution in [0.5, 0.6) is 0 Å². The Morgan fingerprint density at radius 3 is 2.31 bits per heavy atom. The lowest BCUT2D eigenvalue weighted by Crippen LogP contribution is -2.31. The summed E-state index contributed by atoms with van der Waals surface area (Å²) in [7, 11) is -1.52. The fourth-order valence-electron chi connectivity index (χ4n) is 3.81. The third-order valence-electron chi connectivity index (χ3n) is 4.53. The van der Waals surface area contributed by atoms with Gasteiger partial charge in [0.2, 0.25) is 8.32 Å². The average Bonchev–Trinajstić information content (AvgIpc) is 2.50. The van der Waals surface area contributed by atoms with Crippen LogP contribution in [0.2, 0.25) is 13.1 Å². The van der Waals surface area contributed by atoms with Crippen LogP contribution < -0.4 is 0 Å². The van der Waals surface area contributed by atoms with Gasteiger partial charge in [-0.15, -0.1) is 0 Å². The fourth-order valence-corrected chi connectivity index (χ4v) is 6.98. The van der Waals surface area contributed by atoms with Crippen molar-refractivity contribution in [3.05, 3.63) is 11.3 Å². The molecular weight excluding hydrogens is 212 g/mol. The molecule has 0 aromatic rings. The molecule has 1 saturated heterocycles. The van der Waals surface area contributed by atoms with Crippen LogP contribution >= 0.6 is 0 Å². The molecule has 2 heteroatoms. The molecule has 0 spiro atoms. The molecule has 2 fully saturated rings. The van der Waals surface area contributed by atoms with E-state index >= 15 is 0 Å². The maximum atomic E-state index is 6.47. The largest absolute Gasteiger partial charge is 0.409 e. The zero-order chi connectivity index (χ0) is 11.8. The normalized spacial score (nSPS) is 38.1. The summed E-state index contributed by atoms with van der Waals surface area (Å²) in [5.41, 5.74) is 0. The molecule has 1 aliphatic carbocycles. The fraction of sp³-hybridized carbons (Fsp3) is 0.857. The van der Waals surface area contributed by atoms with Crippen molar-refractivity contribution >= 4 is 8.32 Å². The monoisotopic (exact) mass is 238 g/mol. The second-order valence-electron chi connectivity index (χ2n) is 6.02. The molecule has 0 aromatic carbocycles. The van der Waals surface area contributed by atoms with Crippen molar-refractivity contribution in [2.45, 2.75) is 65.1 Å². The summed E-state index contributed by atoms with van der Waals surface area (Å²) in [6.07, 6.45) is 9.95. The van der Waals surface area contributed by atoms with Crippen LogP contribution in [0.1, 0.15) is 46.0 Å². The highest BCUT2D eigenvalue weighted by Crippen LogP contribution is 2.43. The van der Waals surface area contributed by atoms with Gasteiger partial charge in [0, 0.05) is 5.92 Å². The Bertz CT molecular complexity index is 276. The molecule has 1 saturated carbocycles. The summed E-state index contributed by atoms with van der Waals surface area (Å²) in [5, 5.41) is 1.64. The molecule has 0 amide bonds. The number of hydrogen-bond donors (Lipinski definition) is 0. The standard InChI is InChI=1S/C14H26OSi/c1-5-13-11(2)14(15-16(13,3)4)12-9-7-6-8-10-12/h5,11-12,14H,6-10H2,1-4H3/b13-5+/t11-,14-/m1/s1. The van der Waals surface area contributed by atoms with Gasteiger partial charge in [-0.2, -0.15) is 0 Å². The van der Waals surface area contributed by atoms with Gasteiger partial charge in [-0.25, -0.2) is 0 Å². The highest BCUT2D eigenvalue weighted by atomic mass is 28.4. The first-order valence-electron chi connectivity index (χ1n) is 6.91. The molecule has 0 N–H and O–H groups in total. The number of rotatable bonds is 1. The van der Waals surface area contributed by atoms with E-state index in [0.717, 1.165) is 5.92 Å². The van der Waals surface area contributed by atoms with Gasteiger partial charge in [0.1, 0.15) is 0 Å². The lowest BCUT2D eigenvalue weighted by molar-refractivity contribution is 0.0937. The highest BCUT2D eigenvalue weighted by molar-refractivity contribution is 6.79. The minimum atomic E-state index is -1.52. The topological polar surface area (TPSA) is 9.23 Å². The quantitative estimate of drug-likeness (QED) is 0.619. The Morgan fingerprint density at radius 2 is 1.81 bits per heavy atom. The van der Waals surface area contributed by atoms with Crippen molar-refractivity contribution in [1.29, 1.82) is 0 Å². The lowest BCUT2D eigenvalue weighted by atomic mass is 9.81. The average molecular weight is 238 g/mol. The maximum Gasteiger partial charge on any atom is 0.214 e. The Hall–Kier alpha value is -0.0831. The highest BCUT2D eigenvalue weighted by Gasteiger charge is 2.46. The molecular formula is C14H26OSi. The van der Waals surface area contributed by atoms with Crippen molar-refractivity contribution in [1.82, 2.24) is 0 Å². The number of allylic oxidation sites excluding steroid dienone is 1. The summed E-state index contributed by atoms with van der Waals surface area (Å²) < 4.78 is 6.47. The van der Waals surface area contributed by atoms with Crippen molar-refractivity contribution in [3.8, 4) is 0 Å². The maximum absolute atomic E-state index is 6.47. The van der Waals surface area contributed by atoms with Gasteiger partial charge in [-0.3, -0.25) is 0 Å². The van der Waals surface area contributed by atoms with Crippen molar-refractivity contribution in [3.63, 3.8) is 0 Å². The van der Waals surface area contributed by atoms with Crippen molar-refractivity contribution in [2.75, 3.05) is 0 Å². The Balaban J connectivity index is 2.12. The summed E-state index contributed by atoms with van der Waals surface area (Å²) in [6, 6.07) is 0. The third-order valence-corrected chi connectivity index (χ3v) is 7.53. The van der Waals surface area contributed by atoms with Crippen LogP contribution in [0.25, 0.3) is 0 Å². The summed E-state index contributed by atoms with van der Waals surface area (Å²) in [5.74, 6) is 1.52. The first-order chi connectivity index (χ1) is 7.56. The summed E-state index contributed by atoms with van der Waals surface area (Å²) in [4.78, 5) is 0. The minimum Gasteiger partial charge on any atom is -0.409 e. The Labute approximate surface area is 101 Å². The van der Waals surface area contributed by atoms with E-state index in [1.54, 1.807) is 5.20 Å². The predicted octanol–water partition coefficient (Wildman–Crippen LogP) is 4.29. The molecule has 0 bridgehead atoms. The van der Waals surface area contributed by atoms with Gasteiger partial charge in [-0.1, -0.05) is 37.5 Å². The zero-order valence-corrected chi connectivity index (χ0v) is 12.3. The molecule has 1 nitrogen and oxygen atoms in total. The Kier molecular flexibility index (Phi) is 3.60. The van der Waals surface area contributed by atoms with Gasteiger partial charge in [-0.05, 0) is 38.8 Å². The van der Waals surface area contributed by atoms with Crippen molar-refractivity contribution in [2.24, 2.45) is 11.8 Å². The van der Waals surface area contributed by atoms with E-state index < -0.39 is 8.32 Å². The van der Waals surface area contributed by atoms with Crippen LogP contribution in [0.4, 0.5) is 0 Å². The van der Waals surface area contributed by atoms with Crippen LogP contribution in [0, 0.1) is 11.8 Å². The van der Waals surface area contributed by atoms with E-state index in [9.17, 15) is 0 Å². The first kappa shape index (κ1) is 12.4. The first-order valence-corrected chi connectivity index (χ1v) is 9.81. The van der Waals surface area contributed by atoms with Crippen LogP contribution in [0.15, 0.2) is 11.3 Å². The zero-order valence-electron chi connectivity index (χ0n) is 11.3. The van der Waals surface area contributed by atoms with E-state index in [1.807, 2.05) is 0 Å². The Morgan fingerprint density at radius 1 is 1.19 bits per heavy atom. The van der Waals surface area contributed by atoms with Crippen LogP contribution in [-0.4, -0.2) is 14.4 Å². The summed E-state index contributed by atoms with van der Waals surface area (Å²) >= 11 is 0. The molecule has 0 radical (unpaired) electrons.